The van der Waals surface area contributed by atoms with E-state index >= 15 is 0 Å². The van der Waals surface area contributed by atoms with Crippen LogP contribution in [0.15, 0.2) is 18.2 Å². The summed E-state index contributed by atoms with van der Waals surface area (Å²) >= 11 is 0. The number of carbonyl (C=O) groups is 3. The van der Waals surface area contributed by atoms with Gasteiger partial charge in [0.1, 0.15) is 6.04 Å². The predicted molar refractivity (Wildman–Crippen MR) is 99.1 cm³/mol. The lowest BCUT2D eigenvalue weighted by atomic mass is 10.0. The van der Waals surface area contributed by atoms with Crippen molar-refractivity contribution >= 4 is 28.7 Å². The van der Waals surface area contributed by atoms with Crippen LogP contribution in [0.25, 0.3) is 10.9 Å². The average molecular weight is 359 g/mol. The Kier molecular flexibility index (Phi) is 6.02. The van der Waals surface area contributed by atoms with Gasteiger partial charge in [0, 0.05) is 11.1 Å². The van der Waals surface area contributed by atoms with Gasteiger partial charge in [-0.15, -0.1) is 0 Å². The van der Waals surface area contributed by atoms with Crippen LogP contribution in [0.4, 0.5) is 0 Å². The fourth-order valence-corrected chi connectivity index (χ4v) is 2.87. The molecule has 140 valence electrons. The van der Waals surface area contributed by atoms with Crippen LogP contribution in [0.3, 0.4) is 0 Å². The Balaban J connectivity index is 2.03. The number of carboxylic acids is 1. The van der Waals surface area contributed by atoms with Crippen molar-refractivity contribution in [3.05, 3.63) is 35.0 Å². The highest BCUT2D eigenvalue weighted by Gasteiger charge is 2.21. The van der Waals surface area contributed by atoms with Crippen LogP contribution in [-0.2, 0) is 9.59 Å². The number of hydrogen-bond donors (Lipinski definition) is 4. The van der Waals surface area contributed by atoms with E-state index < -0.39 is 17.9 Å². The molecule has 0 aliphatic carbocycles. The summed E-state index contributed by atoms with van der Waals surface area (Å²) in [6.45, 7) is 7.39. The minimum Gasteiger partial charge on any atom is -0.480 e. The Morgan fingerprint density at radius 2 is 1.88 bits per heavy atom. The van der Waals surface area contributed by atoms with Crippen LogP contribution >= 0.6 is 0 Å². The molecule has 0 saturated heterocycles. The number of fused-ring (bicyclic) bond motifs is 1. The average Bonchev–Trinajstić information content (AvgIpc) is 2.86. The molecule has 0 radical (unpaired) electrons. The summed E-state index contributed by atoms with van der Waals surface area (Å²) < 4.78 is 0. The van der Waals surface area contributed by atoms with E-state index in [0.29, 0.717) is 12.0 Å². The lowest BCUT2D eigenvalue weighted by Crippen LogP contribution is -2.46. The van der Waals surface area contributed by atoms with E-state index in [0.717, 1.165) is 22.2 Å². The van der Waals surface area contributed by atoms with Crippen LogP contribution in [0.1, 0.15) is 41.9 Å². The lowest BCUT2D eigenvalue weighted by molar-refractivity contribution is -0.142. The van der Waals surface area contributed by atoms with Crippen molar-refractivity contribution in [1.29, 1.82) is 0 Å². The van der Waals surface area contributed by atoms with Gasteiger partial charge in [0.25, 0.3) is 5.91 Å². The molecule has 26 heavy (non-hydrogen) atoms. The van der Waals surface area contributed by atoms with Gasteiger partial charge in [-0.2, -0.15) is 0 Å². The normalized spacial score (nSPS) is 12.2. The molecule has 0 spiro atoms. The van der Waals surface area contributed by atoms with Gasteiger partial charge in [0.05, 0.1) is 17.6 Å². The zero-order chi connectivity index (χ0) is 19.4. The lowest BCUT2D eigenvalue weighted by Gasteiger charge is -2.16. The number of aromatic amines is 1. The molecule has 2 rings (SSSR count). The smallest absolute Gasteiger partial charge is 0.326 e. The van der Waals surface area contributed by atoms with E-state index in [9.17, 15) is 14.4 Å². The fourth-order valence-electron chi connectivity index (χ4n) is 2.87. The van der Waals surface area contributed by atoms with Gasteiger partial charge >= 0.3 is 5.97 Å². The molecule has 7 nitrogen and oxygen atoms in total. The quantitative estimate of drug-likeness (QED) is 0.607. The first-order valence-electron chi connectivity index (χ1n) is 8.59. The topological polar surface area (TPSA) is 111 Å². The van der Waals surface area contributed by atoms with Crippen molar-refractivity contribution in [2.45, 2.75) is 40.2 Å². The third kappa shape index (κ3) is 4.41. The number of rotatable bonds is 7. The highest BCUT2D eigenvalue weighted by Crippen LogP contribution is 2.24. The Hall–Kier alpha value is -2.83. The minimum atomic E-state index is -1.08. The Labute approximate surface area is 152 Å². The zero-order valence-electron chi connectivity index (χ0n) is 15.5. The van der Waals surface area contributed by atoms with Crippen molar-refractivity contribution in [3.8, 4) is 0 Å². The number of benzene rings is 1. The molecular weight excluding hydrogens is 334 g/mol. The third-order valence-corrected chi connectivity index (χ3v) is 4.34. The van der Waals surface area contributed by atoms with E-state index in [1.807, 2.05) is 33.8 Å². The third-order valence-electron chi connectivity index (χ3n) is 4.34. The van der Waals surface area contributed by atoms with Gasteiger partial charge in [-0.1, -0.05) is 26.0 Å². The highest BCUT2D eigenvalue weighted by atomic mass is 16.4. The number of H-pyrrole nitrogens is 1. The van der Waals surface area contributed by atoms with Crippen molar-refractivity contribution in [2.75, 3.05) is 6.54 Å². The Bertz CT molecular complexity index is 839. The second-order valence-corrected chi connectivity index (χ2v) is 6.87. The summed E-state index contributed by atoms with van der Waals surface area (Å²) in [6.07, 6.45) is 0.329. The number of aryl methyl sites for hydroxylation is 2. The second-order valence-electron chi connectivity index (χ2n) is 6.87. The number of carbonyl (C=O) groups excluding carboxylic acids is 2. The maximum absolute atomic E-state index is 12.5. The molecule has 1 aromatic heterocycles. The number of aromatic nitrogens is 1. The van der Waals surface area contributed by atoms with Crippen LogP contribution in [0, 0.1) is 19.8 Å². The summed E-state index contributed by atoms with van der Waals surface area (Å²) in [4.78, 5) is 38.9. The zero-order valence-corrected chi connectivity index (χ0v) is 15.5. The summed E-state index contributed by atoms with van der Waals surface area (Å²) in [5, 5.41) is 15.1. The molecule has 2 aromatic rings. The maximum atomic E-state index is 12.5. The van der Waals surface area contributed by atoms with E-state index in [2.05, 4.69) is 15.6 Å². The first kappa shape index (κ1) is 19.5. The Morgan fingerprint density at radius 1 is 1.19 bits per heavy atom. The van der Waals surface area contributed by atoms with Crippen molar-refractivity contribution < 1.29 is 19.5 Å². The molecule has 0 aliphatic heterocycles. The van der Waals surface area contributed by atoms with E-state index in [1.165, 1.54) is 0 Å². The highest BCUT2D eigenvalue weighted by molar-refractivity contribution is 6.07. The molecule has 7 heteroatoms. The molecule has 0 aliphatic rings. The monoisotopic (exact) mass is 359 g/mol. The van der Waals surface area contributed by atoms with Gasteiger partial charge < -0.3 is 20.7 Å². The van der Waals surface area contributed by atoms with Crippen LogP contribution < -0.4 is 10.6 Å². The van der Waals surface area contributed by atoms with Crippen molar-refractivity contribution in [1.82, 2.24) is 15.6 Å². The van der Waals surface area contributed by atoms with Crippen LogP contribution in [0.2, 0.25) is 0 Å². The largest absolute Gasteiger partial charge is 0.480 e. The van der Waals surface area contributed by atoms with Crippen molar-refractivity contribution in [3.63, 3.8) is 0 Å². The summed E-state index contributed by atoms with van der Waals surface area (Å²) in [6, 6.07) is 4.45. The van der Waals surface area contributed by atoms with Gasteiger partial charge in [-0.25, -0.2) is 4.79 Å². The number of nitrogens with one attached hydrogen (secondary N) is 3. The number of amides is 2. The first-order chi connectivity index (χ1) is 12.2. The summed E-state index contributed by atoms with van der Waals surface area (Å²) in [7, 11) is 0. The van der Waals surface area contributed by atoms with Gasteiger partial charge in [-0.05, 0) is 37.8 Å². The summed E-state index contributed by atoms with van der Waals surface area (Å²) in [5.41, 5.74) is 3.23. The molecule has 1 heterocycles. The SMILES string of the molecule is Cc1[nH]c2c(C(=O)NCC(=O)N[C@@H](CC(C)C)C(=O)O)cccc2c1C. The molecule has 1 aromatic carbocycles. The minimum absolute atomic E-state index is 0.128. The van der Waals surface area contributed by atoms with E-state index in [4.69, 9.17) is 5.11 Å². The fraction of sp³-hybridized carbons (Fsp3) is 0.421. The standard InChI is InChI=1S/C19H25N3O4/c1-10(2)8-15(19(25)26)22-16(23)9-20-18(24)14-7-5-6-13-11(3)12(4)21-17(13)14/h5-7,10,15,21H,8-9H2,1-4H3,(H,20,24)(H,22,23)(H,25,26)/t15-/m0/s1. The van der Waals surface area contributed by atoms with Crippen molar-refractivity contribution in [2.24, 2.45) is 5.92 Å². The van der Waals surface area contributed by atoms with Gasteiger partial charge in [0.2, 0.25) is 5.91 Å². The molecule has 4 N–H and O–H groups in total. The number of hydrogen-bond acceptors (Lipinski definition) is 3. The Morgan fingerprint density at radius 3 is 2.50 bits per heavy atom. The molecule has 0 unspecified atom stereocenters. The molecule has 0 fully saturated rings. The predicted octanol–water partition coefficient (Wildman–Crippen LogP) is 2.13. The first-order valence-corrected chi connectivity index (χ1v) is 8.59. The van der Waals surface area contributed by atoms with E-state index in [1.54, 1.807) is 12.1 Å². The van der Waals surface area contributed by atoms with Gasteiger partial charge in [-0.3, -0.25) is 9.59 Å². The maximum Gasteiger partial charge on any atom is 0.326 e. The molecular formula is C19H25N3O4. The molecule has 0 saturated carbocycles. The van der Waals surface area contributed by atoms with E-state index in [-0.39, 0.29) is 18.4 Å². The van der Waals surface area contributed by atoms with Gasteiger partial charge in [0.15, 0.2) is 0 Å². The number of aliphatic carboxylic acids is 1. The number of para-hydroxylation sites is 1. The molecule has 2 amide bonds. The van der Waals surface area contributed by atoms with Crippen LogP contribution in [0.5, 0.6) is 0 Å². The summed E-state index contributed by atoms with van der Waals surface area (Å²) in [5.74, 6) is -1.87. The number of carboxylic acid groups (broad SMARTS) is 1. The molecule has 0 bridgehead atoms. The second kappa shape index (κ2) is 8.03. The molecule has 1 atom stereocenters. The van der Waals surface area contributed by atoms with Crippen LogP contribution in [-0.4, -0.2) is 40.5 Å².